The van der Waals surface area contributed by atoms with Crippen LogP contribution >= 0.6 is 11.8 Å². The van der Waals surface area contributed by atoms with Crippen LogP contribution in [0, 0.1) is 5.82 Å². The third kappa shape index (κ3) is 5.62. The fraction of sp³-hybridized carbons (Fsp3) is 0.0645. The van der Waals surface area contributed by atoms with Crippen molar-refractivity contribution in [3.05, 3.63) is 115 Å². The number of halogens is 1. The first-order chi connectivity index (χ1) is 20.8. The Morgan fingerprint density at radius 1 is 0.930 bits per heavy atom. The number of amides is 1. The number of rotatable bonds is 9. The Morgan fingerprint density at radius 2 is 1.67 bits per heavy atom. The number of hydrogen-bond acceptors (Lipinski definition) is 7. The van der Waals surface area contributed by atoms with E-state index in [0.29, 0.717) is 44.6 Å². The number of ether oxygens (including phenoxy) is 1. The van der Waals surface area contributed by atoms with Gasteiger partial charge in [-0.05, 0) is 60.7 Å². The van der Waals surface area contributed by atoms with Gasteiger partial charge in [-0.15, -0.1) is 10.2 Å². The normalized spacial score (nSPS) is 11.5. The molecule has 9 nitrogen and oxygen atoms in total. The zero-order valence-corrected chi connectivity index (χ0v) is 24.3. The Hall–Kier alpha value is -4.94. The van der Waals surface area contributed by atoms with Crippen LogP contribution in [0.15, 0.2) is 119 Å². The average molecular weight is 614 g/mol. The summed E-state index contributed by atoms with van der Waals surface area (Å²) in [4.78, 5) is 12.9. The summed E-state index contributed by atoms with van der Waals surface area (Å²) in [5.41, 5.74) is 2.04. The van der Waals surface area contributed by atoms with Gasteiger partial charge in [0, 0.05) is 28.5 Å². The molecule has 0 atom stereocenters. The molecule has 0 radical (unpaired) electrons. The van der Waals surface area contributed by atoms with Gasteiger partial charge in [0.1, 0.15) is 11.6 Å². The van der Waals surface area contributed by atoms with Crippen LogP contribution in [-0.4, -0.2) is 45.9 Å². The lowest BCUT2D eigenvalue weighted by molar-refractivity contribution is -0.113. The zero-order valence-electron chi connectivity index (χ0n) is 22.7. The molecule has 1 amide bonds. The van der Waals surface area contributed by atoms with Crippen LogP contribution < -0.4 is 10.1 Å². The lowest BCUT2D eigenvalue weighted by Gasteiger charge is -2.11. The highest BCUT2D eigenvalue weighted by atomic mass is 32.2. The molecule has 43 heavy (non-hydrogen) atoms. The van der Waals surface area contributed by atoms with Crippen molar-refractivity contribution in [3.63, 3.8) is 0 Å². The summed E-state index contributed by atoms with van der Waals surface area (Å²) >= 11 is 1.14. The summed E-state index contributed by atoms with van der Waals surface area (Å²) in [6.07, 6.45) is 1.54. The predicted molar refractivity (Wildman–Crippen MR) is 164 cm³/mol. The van der Waals surface area contributed by atoms with Crippen LogP contribution in [-0.2, 0) is 14.8 Å². The number of carbonyl (C=O) groups excluding carboxylic acids is 1. The average Bonchev–Trinajstić information content (AvgIpc) is 3.62. The van der Waals surface area contributed by atoms with Gasteiger partial charge in [0.05, 0.1) is 23.3 Å². The molecule has 1 N–H and O–H groups in total. The van der Waals surface area contributed by atoms with Crippen molar-refractivity contribution in [3.8, 4) is 22.8 Å². The summed E-state index contributed by atoms with van der Waals surface area (Å²) in [7, 11) is -2.36. The molecular weight excluding hydrogens is 590 g/mol. The van der Waals surface area contributed by atoms with Crippen LogP contribution in [0.25, 0.3) is 28.0 Å². The second-order valence-corrected chi connectivity index (χ2v) is 12.1. The van der Waals surface area contributed by atoms with Gasteiger partial charge in [0.2, 0.25) is 5.91 Å². The molecule has 6 rings (SSSR count). The molecular formula is C31H24FN5O4S2. The molecule has 0 aliphatic carbocycles. The number of aromatic nitrogens is 4. The minimum absolute atomic E-state index is 0.0328. The van der Waals surface area contributed by atoms with E-state index in [4.69, 9.17) is 4.74 Å². The van der Waals surface area contributed by atoms with E-state index in [1.165, 1.54) is 22.2 Å². The SMILES string of the molecule is COc1ccc(-n2c(SCC(=O)Nc3cccc(F)c3)nnc2-c2cn(S(=O)(=O)c3ccccc3)c3ccccc23)cc1. The Kier molecular flexibility index (Phi) is 7.70. The minimum Gasteiger partial charge on any atom is -0.497 e. The Bertz CT molecular complexity index is 2040. The van der Waals surface area contributed by atoms with Crippen LogP contribution in [0.1, 0.15) is 0 Å². The first kappa shape index (κ1) is 28.2. The van der Waals surface area contributed by atoms with Gasteiger partial charge < -0.3 is 10.1 Å². The molecule has 0 spiro atoms. The van der Waals surface area contributed by atoms with Crippen molar-refractivity contribution >= 4 is 44.3 Å². The Labute approximate surface area is 251 Å². The van der Waals surface area contributed by atoms with E-state index in [-0.39, 0.29) is 16.6 Å². The number of hydrogen-bond donors (Lipinski definition) is 1. The van der Waals surface area contributed by atoms with Gasteiger partial charge in [-0.1, -0.05) is 54.2 Å². The molecule has 2 aromatic heterocycles. The third-order valence-corrected chi connectivity index (χ3v) is 9.24. The monoisotopic (exact) mass is 613 g/mol. The quantitative estimate of drug-likeness (QED) is 0.199. The fourth-order valence-corrected chi connectivity index (χ4v) is 6.77. The molecule has 0 aliphatic heterocycles. The van der Waals surface area contributed by atoms with Crippen molar-refractivity contribution in [1.82, 2.24) is 18.7 Å². The maximum Gasteiger partial charge on any atom is 0.268 e. The van der Waals surface area contributed by atoms with Crippen LogP contribution in [0.5, 0.6) is 5.75 Å². The standard InChI is InChI=1S/C31H24FN5O4S2/c1-41-24-16-14-23(15-17-24)37-30(34-35-31(37)42-20-29(38)33-22-9-7-8-21(32)18-22)27-19-36(28-13-6-5-12-26(27)28)43(39,40)25-10-3-2-4-11-25/h2-19H,20H2,1H3,(H,33,38). The number of thioether (sulfide) groups is 1. The number of para-hydroxylation sites is 1. The van der Waals surface area contributed by atoms with Crippen molar-refractivity contribution in [1.29, 1.82) is 0 Å². The van der Waals surface area contributed by atoms with Crippen molar-refractivity contribution < 1.29 is 22.3 Å². The molecule has 0 saturated carbocycles. The molecule has 0 bridgehead atoms. The number of nitrogens with zero attached hydrogens (tertiary/aromatic N) is 4. The van der Waals surface area contributed by atoms with E-state index in [2.05, 4.69) is 15.5 Å². The lowest BCUT2D eigenvalue weighted by Crippen LogP contribution is -2.14. The number of nitrogens with one attached hydrogen (secondary N) is 1. The number of benzene rings is 4. The van der Waals surface area contributed by atoms with E-state index in [1.54, 1.807) is 78.5 Å². The Morgan fingerprint density at radius 3 is 2.42 bits per heavy atom. The second kappa shape index (κ2) is 11.7. The van der Waals surface area contributed by atoms with Gasteiger partial charge in [0.15, 0.2) is 11.0 Å². The molecule has 0 saturated heterocycles. The van der Waals surface area contributed by atoms with Crippen molar-refractivity contribution in [2.45, 2.75) is 10.1 Å². The highest BCUT2D eigenvalue weighted by Crippen LogP contribution is 2.35. The van der Waals surface area contributed by atoms with Gasteiger partial charge in [0.25, 0.3) is 10.0 Å². The summed E-state index contributed by atoms with van der Waals surface area (Å²) in [5, 5.41) is 12.6. The number of anilines is 1. The summed E-state index contributed by atoms with van der Waals surface area (Å²) in [5.74, 6) is 0.188. The minimum atomic E-state index is -3.93. The second-order valence-electron chi connectivity index (χ2n) is 9.36. The van der Waals surface area contributed by atoms with Crippen molar-refractivity contribution in [2.75, 3.05) is 18.2 Å². The summed E-state index contributed by atoms with van der Waals surface area (Å²) < 4.78 is 49.3. The summed E-state index contributed by atoms with van der Waals surface area (Å²) in [6.45, 7) is 0. The molecule has 12 heteroatoms. The van der Waals surface area contributed by atoms with Crippen molar-refractivity contribution in [2.24, 2.45) is 0 Å². The molecule has 0 aliphatic rings. The topological polar surface area (TPSA) is 108 Å². The van der Waals surface area contributed by atoms with Crippen LogP contribution in [0.2, 0.25) is 0 Å². The summed E-state index contributed by atoms with van der Waals surface area (Å²) in [6, 6.07) is 28.2. The van der Waals surface area contributed by atoms with Gasteiger partial charge in [-0.2, -0.15) is 0 Å². The first-order valence-corrected chi connectivity index (χ1v) is 15.5. The third-order valence-electron chi connectivity index (χ3n) is 6.62. The van der Waals surface area contributed by atoms with Gasteiger partial charge in [-0.3, -0.25) is 9.36 Å². The number of methoxy groups -OCH3 is 1. The lowest BCUT2D eigenvalue weighted by atomic mass is 10.1. The molecule has 4 aromatic carbocycles. The van der Waals surface area contributed by atoms with E-state index in [9.17, 15) is 17.6 Å². The molecule has 0 unspecified atom stereocenters. The predicted octanol–water partition coefficient (Wildman–Crippen LogP) is 6.00. The van der Waals surface area contributed by atoms with Crippen LogP contribution in [0.3, 0.4) is 0 Å². The maximum absolute atomic E-state index is 13.7. The van der Waals surface area contributed by atoms with Gasteiger partial charge in [-0.25, -0.2) is 16.8 Å². The van der Waals surface area contributed by atoms with E-state index in [1.807, 2.05) is 24.3 Å². The molecule has 216 valence electrons. The molecule has 0 fully saturated rings. The maximum atomic E-state index is 13.7. The highest BCUT2D eigenvalue weighted by Gasteiger charge is 2.25. The van der Waals surface area contributed by atoms with E-state index < -0.39 is 15.8 Å². The number of fused-ring (bicyclic) bond motifs is 1. The Balaban J connectivity index is 1.43. The molecule has 2 heterocycles. The van der Waals surface area contributed by atoms with E-state index in [0.717, 1.165) is 11.8 Å². The molecule has 6 aromatic rings. The number of carbonyl (C=O) groups is 1. The first-order valence-electron chi connectivity index (χ1n) is 13.0. The fourth-order valence-electron chi connectivity index (χ4n) is 4.63. The smallest absolute Gasteiger partial charge is 0.268 e. The van der Waals surface area contributed by atoms with E-state index >= 15 is 0 Å². The largest absolute Gasteiger partial charge is 0.497 e. The van der Waals surface area contributed by atoms with Gasteiger partial charge >= 0.3 is 0 Å². The van der Waals surface area contributed by atoms with Crippen LogP contribution in [0.4, 0.5) is 10.1 Å². The highest BCUT2D eigenvalue weighted by molar-refractivity contribution is 7.99. The zero-order chi connectivity index (χ0) is 30.0.